The van der Waals surface area contributed by atoms with Gasteiger partial charge in [-0.3, -0.25) is 4.79 Å². The maximum Gasteiger partial charge on any atom is 0.228 e. The molecular weight excluding hydrogens is 509 g/mol. The summed E-state index contributed by atoms with van der Waals surface area (Å²) in [6.07, 6.45) is 19.1. The first kappa shape index (κ1) is 35.0. The largest absolute Gasteiger partial charge is 0.372 e. The van der Waals surface area contributed by atoms with E-state index in [0.29, 0.717) is 15.0 Å². The van der Waals surface area contributed by atoms with Crippen LogP contribution < -0.4 is 5.32 Å². The number of nitrogens with one attached hydrogen (secondary N) is 1. The third kappa shape index (κ3) is 12.4. The van der Waals surface area contributed by atoms with E-state index in [9.17, 15) is 4.79 Å². The zero-order valence-corrected chi connectivity index (χ0v) is 27.2. The first-order valence-electron chi connectivity index (χ1n) is 14.7. The molecule has 218 valence electrons. The molecule has 1 aromatic rings. The van der Waals surface area contributed by atoms with E-state index in [1.54, 1.807) is 6.92 Å². The van der Waals surface area contributed by atoms with Crippen LogP contribution in [-0.4, -0.2) is 48.0 Å². The average molecular weight is 562 g/mol. The molecule has 1 unspecified atom stereocenters. The lowest BCUT2D eigenvalue weighted by molar-refractivity contribution is -0.119. The lowest BCUT2D eigenvalue weighted by Crippen LogP contribution is -2.44. The Labute approximate surface area is 247 Å². The van der Waals surface area contributed by atoms with Crippen LogP contribution >= 0.6 is 8.58 Å². The molecule has 1 atom stereocenters. The van der Waals surface area contributed by atoms with Crippen LogP contribution in [0.25, 0.3) is 5.57 Å². The third-order valence-corrected chi connectivity index (χ3v) is 7.74. The van der Waals surface area contributed by atoms with Crippen molar-refractivity contribution in [1.82, 2.24) is 15.1 Å². The van der Waals surface area contributed by atoms with Crippen LogP contribution in [0.5, 0.6) is 0 Å². The standard InChI is InChI=1S/C30H42N3OP.C3H4.C2H6/c1-6-8-24(5)32-16-18-33(19-17-32)30-15-14-28(22-35-30)31-29(34)21-25-10-12-26(13-11-25)27(9-7-2)20-23(3)4;1-3-2;1-2/h8-15,20,35H,6-7,16-19,21-22H2,1-5H3,(H,31,34);1H,2H3;1-2H3/b24-8-,27-9+;;. The molecule has 5 heteroatoms. The van der Waals surface area contributed by atoms with Crippen molar-refractivity contribution in [1.29, 1.82) is 0 Å². The first-order valence-corrected chi connectivity index (χ1v) is 15.9. The fraction of sp³-hybridized carbons (Fsp3) is 0.457. The molecule has 1 saturated heterocycles. The fourth-order valence-electron chi connectivity index (χ4n) is 4.53. The quantitative estimate of drug-likeness (QED) is 0.188. The molecular formula is C35H52N3OP. The SMILES string of the molecule is C#CC.CC.CC/C=C(/C)N1CCN(C2=CC=C(NC(=O)Cc3ccc(/C(C=C(C)C)=C/CC)cc3)CP2)CC1. The minimum Gasteiger partial charge on any atom is -0.372 e. The summed E-state index contributed by atoms with van der Waals surface area (Å²) in [4.78, 5) is 17.7. The van der Waals surface area contributed by atoms with E-state index >= 15 is 0 Å². The Balaban J connectivity index is 0.00000150. The molecule has 0 aliphatic carbocycles. The Bertz CT molecular complexity index is 1100. The van der Waals surface area contributed by atoms with Gasteiger partial charge in [0.05, 0.1) is 6.42 Å². The molecule has 1 aromatic carbocycles. The molecule has 2 aliphatic heterocycles. The van der Waals surface area contributed by atoms with Gasteiger partial charge in [-0.25, -0.2) is 0 Å². The van der Waals surface area contributed by atoms with Crippen molar-refractivity contribution in [2.75, 3.05) is 32.3 Å². The van der Waals surface area contributed by atoms with Gasteiger partial charge in [-0.2, -0.15) is 0 Å². The van der Waals surface area contributed by atoms with E-state index in [4.69, 9.17) is 0 Å². The summed E-state index contributed by atoms with van der Waals surface area (Å²) >= 11 is 0. The van der Waals surface area contributed by atoms with Crippen molar-refractivity contribution in [3.63, 3.8) is 0 Å². The molecule has 1 fully saturated rings. The summed E-state index contributed by atoms with van der Waals surface area (Å²) in [5, 5.41) is 3.14. The molecule has 0 aromatic heterocycles. The number of hydrogen-bond acceptors (Lipinski definition) is 3. The minimum atomic E-state index is 0.0612. The highest BCUT2D eigenvalue weighted by Gasteiger charge is 2.20. The minimum absolute atomic E-state index is 0.0612. The van der Waals surface area contributed by atoms with Crippen LogP contribution in [-0.2, 0) is 11.2 Å². The van der Waals surface area contributed by atoms with Crippen LogP contribution in [0, 0.1) is 12.3 Å². The van der Waals surface area contributed by atoms with Crippen LogP contribution in [0.15, 0.2) is 77.1 Å². The second kappa shape index (κ2) is 19.9. The summed E-state index contributed by atoms with van der Waals surface area (Å²) in [7, 11) is 0.710. The van der Waals surface area contributed by atoms with Gasteiger partial charge in [0, 0.05) is 49.2 Å². The van der Waals surface area contributed by atoms with E-state index in [1.807, 2.05) is 13.8 Å². The van der Waals surface area contributed by atoms with Crippen LogP contribution in [0.4, 0.5) is 0 Å². The van der Waals surface area contributed by atoms with Gasteiger partial charge in [0.2, 0.25) is 5.91 Å². The molecule has 3 rings (SSSR count). The van der Waals surface area contributed by atoms with E-state index in [1.165, 1.54) is 27.8 Å². The number of piperazine rings is 1. The van der Waals surface area contributed by atoms with Crippen LogP contribution in [0.1, 0.15) is 79.4 Å². The van der Waals surface area contributed by atoms with E-state index in [2.05, 4.69) is 117 Å². The third-order valence-electron chi connectivity index (χ3n) is 6.34. The maximum absolute atomic E-state index is 12.7. The van der Waals surface area contributed by atoms with Gasteiger partial charge in [0.1, 0.15) is 0 Å². The van der Waals surface area contributed by atoms with Gasteiger partial charge in [-0.1, -0.05) is 84.3 Å². The van der Waals surface area contributed by atoms with E-state index in [-0.39, 0.29) is 5.91 Å². The number of hydrogen-bond donors (Lipinski definition) is 1. The van der Waals surface area contributed by atoms with Crippen molar-refractivity contribution in [3.8, 4) is 12.3 Å². The Hall–Kier alpha value is -3.02. The Morgan fingerprint density at radius 2 is 1.60 bits per heavy atom. The van der Waals surface area contributed by atoms with Gasteiger partial charge in [-0.15, -0.1) is 12.3 Å². The zero-order chi connectivity index (χ0) is 29.9. The number of nitrogens with zero attached hydrogens (tertiary/aromatic N) is 2. The number of carbonyl (C=O) groups excluding carboxylic acids is 1. The molecule has 2 heterocycles. The molecule has 1 amide bonds. The predicted molar refractivity (Wildman–Crippen MR) is 178 cm³/mol. The summed E-state index contributed by atoms with van der Waals surface area (Å²) < 4.78 is 0. The molecule has 0 spiro atoms. The summed E-state index contributed by atoms with van der Waals surface area (Å²) in [5.41, 5.74) is 8.62. The van der Waals surface area contributed by atoms with Gasteiger partial charge in [0.25, 0.3) is 0 Å². The molecule has 0 saturated carbocycles. The fourth-order valence-corrected chi connectivity index (χ4v) is 5.75. The van der Waals surface area contributed by atoms with E-state index < -0.39 is 0 Å². The smallest absolute Gasteiger partial charge is 0.228 e. The molecule has 40 heavy (non-hydrogen) atoms. The number of terminal acetylenes is 1. The lowest BCUT2D eigenvalue weighted by atomic mass is 10.00. The van der Waals surface area contributed by atoms with Gasteiger partial charge in [0.15, 0.2) is 0 Å². The highest BCUT2D eigenvalue weighted by atomic mass is 31.1. The summed E-state index contributed by atoms with van der Waals surface area (Å²) in [6.45, 7) is 20.8. The first-order chi connectivity index (χ1) is 19.3. The van der Waals surface area contributed by atoms with Crippen LogP contribution in [0.3, 0.4) is 0 Å². The second-order valence-electron chi connectivity index (χ2n) is 9.83. The summed E-state index contributed by atoms with van der Waals surface area (Å²) in [6, 6.07) is 8.39. The van der Waals surface area contributed by atoms with Crippen molar-refractivity contribution >= 4 is 20.1 Å². The number of allylic oxidation sites excluding steroid dienone is 9. The number of benzene rings is 1. The van der Waals surface area contributed by atoms with E-state index in [0.717, 1.165) is 56.4 Å². The normalized spacial score (nSPS) is 15.9. The molecule has 4 nitrogen and oxygen atoms in total. The highest BCUT2D eigenvalue weighted by molar-refractivity contribution is 7.43. The molecule has 1 N–H and O–H groups in total. The zero-order valence-electron chi connectivity index (χ0n) is 26.2. The predicted octanol–water partition coefficient (Wildman–Crippen LogP) is 8.12. The van der Waals surface area contributed by atoms with Crippen molar-refractivity contribution in [3.05, 3.63) is 88.2 Å². The maximum atomic E-state index is 12.7. The Morgan fingerprint density at radius 1 is 1.00 bits per heavy atom. The highest BCUT2D eigenvalue weighted by Crippen LogP contribution is 2.33. The van der Waals surface area contributed by atoms with Crippen molar-refractivity contribution in [2.45, 2.75) is 74.7 Å². The van der Waals surface area contributed by atoms with Crippen molar-refractivity contribution < 1.29 is 4.79 Å². The lowest BCUT2D eigenvalue weighted by Gasteiger charge is -2.39. The second-order valence-corrected chi connectivity index (χ2v) is 11.0. The van der Waals surface area contributed by atoms with Crippen molar-refractivity contribution in [2.24, 2.45) is 0 Å². The van der Waals surface area contributed by atoms with Gasteiger partial charge >= 0.3 is 0 Å². The summed E-state index contributed by atoms with van der Waals surface area (Å²) in [5.74, 6) is 2.31. The number of carbonyl (C=O) groups is 1. The topological polar surface area (TPSA) is 35.6 Å². The molecule has 0 bridgehead atoms. The monoisotopic (exact) mass is 561 g/mol. The molecule has 2 aliphatic rings. The Morgan fingerprint density at radius 3 is 2.10 bits per heavy atom. The average Bonchev–Trinajstić information content (AvgIpc) is 2.95. The van der Waals surface area contributed by atoms with Crippen LogP contribution in [0.2, 0.25) is 0 Å². The number of amides is 1. The van der Waals surface area contributed by atoms with Gasteiger partial charge in [-0.05, 0) is 69.4 Å². The van der Waals surface area contributed by atoms with Gasteiger partial charge < -0.3 is 15.1 Å². The number of rotatable bonds is 9. The Kier molecular flexibility index (Phi) is 17.5. The molecule has 0 radical (unpaired) electrons.